The minimum Gasteiger partial charge on any atom is -0.469 e. The molecular weight excluding hydrogens is 368 g/mol. The van der Waals surface area contributed by atoms with E-state index in [-0.39, 0.29) is 5.91 Å². The van der Waals surface area contributed by atoms with Crippen LogP contribution in [0.15, 0.2) is 52.1 Å². The third-order valence-electron chi connectivity index (χ3n) is 3.89. The zero-order chi connectivity index (χ0) is 18.5. The van der Waals surface area contributed by atoms with E-state index >= 15 is 0 Å². The number of hydrogen-bond acceptors (Lipinski definition) is 6. The molecule has 0 saturated heterocycles. The number of carbonyl (C=O) groups excluding carboxylic acids is 1. The number of thiophene rings is 1. The highest BCUT2D eigenvalue weighted by Crippen LogP contribution is 2.26. The van der Waals surface area contributed by atoms with Gasteiger partial charge in [-0.15, -0.1) is 28.1 Å². The molecule has 0 unspecified atom stereocenters. The Hall–Kier alpha value is -2.32. The van der Waals surface area contributed by atoms with Gasteiger partial charge >= 0.3 is 0 Å². The number of nitrogens with zero attached hydrogens (tertiary/aromatic N) is 4. The predicted molar refractivity (Wildman–Crippen MR) is 104 cm³/mol. The topological polar surface area (TPSA) is 64.2 Å². The summed E-state index contributed by atoms with van der Waals surface area (Å²) in [6.07, 6.45) is 3.38. The second-order valence-electron chi connectivity index (χ2n) is 5.69. The standard InChI is InChI=1S/C18H20N4O2S2/c1-4-8-22(11-14-6-5-10-25-14)16(23)12-26-18-20-19-17(21(18)3)15-7-9-24-13(15)2/h4-7,9-10H,1,8,11-12H2,2-3H3. The van der Waals surface area contributed by atoms with Crippen molar-refractivity contribution < 1.29 is 9.21 Å². The van der Waals surface area contributed by atoms with E-state index in [2.05, 4.69) is 16.8 Å². The van der Waals surface area contributed by atoms with Gasteiger partial charge in [-0.05, 0) is 24.4 Å². The number of furan rings is 1. The summed E-state index contributed by atoms with van der Waals surface area (Å²) in [5.74, 6) is 1.87. The van der Waals surface area contributed by atoms with Gasteiger partial charge in [-0.25, -0.2) is 0 Å². The molecular formula is C18H20N4O2S2. The summed E-state index contributed by atoms with van der Waals surface area (Å²) < 4.78 is 7.21. The Morgan fingerprint density at radius 2 is 2.31 bits per heavy atom. The fourth-order valence-corrected chi connectivity index (χ4v) is 4.04. The molecule has 3 heterocycles. The van der Waals surface area contributed by atoms with Crippen molar-refractivity contribution in [1.29, 1.82) is 0 Å². The summed E-state index contributed by atoms with van der Waals surface area (Å²) in [6.45, 7) is 6.76. The number of rotatable bonds is 8. The van der Waals surface area contributed by atoms with Crippen molar-refractivity contribution in [2.45, 2.75) is 18.6 Å². The number of aryl methyl sites for hydroxylation is 1. The first-order valence-electron chi connectivity index (χ1n) is 8.08. The van der Waals surface area contributed by atoms with Crippen LogP contribution < -0.4 is 0 Å². The van der Waals surface area contributed by atoms with E-state index in [1.165, 1.54) is 11.8 Å². The van der Waals surface area contributed by atoms with Crippen molar-refractivity contribution in [3.63, 3.8) is 0 Å². The van der Waals surface area contributed by atoms with Crippen LogP contribution in [-0.4, -0.2) is 37.9 Å². The lowest BCUT2D eigenvalue weighted by Gasteiger charge is -2.20. The Bertz CT molecular complexity index is 883. The Labute approximate surface area is 160 Å². The third-order valence-corrected chi connectivity index (χ3v) is 5.75. The van der Waals surface area contributed by atoms with Gasteiger partial charge in [0.15, 0.2) is 11.0 Å². The second kappa shape index (κ2) is 8.37. The third kappa shape index (κ3) is 4.08. The van der Waals surface area contributed by atoms with E-state index in [0.29, 0.717) is 24.0 Å². The molecule has 3 aromatic heterocycles. The van der Waals surface area contributed by atoms with Crippen LogP contribution in [0.2, 0.25) is 0 Å². The van der Waals surface area contributed by atoms with Gasteiger partial charge in [0, 0.05) is 18.5 Å². The molecule has 8 heteroatoms. The van der Waals surface area contributed by atoms with E-state index in [0.717, 1.165) is 22.0 Å². The van der Waals surface area contributed by atoms with Crippen molar-refractivity contribution in [3.05, 3.63) is 53.1 Å². The highest BCUT2D eigenvalue weighted by atomic mass is 32.2. The van der Waals surface area contributed by atoms with Gasteiger partial charge in [-0.1, -0.05) is 23.9 Å². The van der Waals surface area contributed by atoms with Crippen LogP contribution in [0, 0.1) is 6.92 Å². The second-order valence-corrected chi connectivity index (χ2v) is 7.66. The highest BCUT2D eigenvalue weighted by molar-refractivity contribution is 7.99. The van der Waals surface area contributed by atoms with E-state index in [4.69, 9.17) is 4.42 Å². The minimum atomic E-state index is 0.0485. The van der Waals surface area contributed by atoms with Crippen molar-refractivity contribution in [3.8, 4) is 11.4 Å². The Kier molecular flexibility index (Phi) is 5.95. The zero-order valence-electron chi connectivity index (χ0n) is 14.7. The summed E-state index contributed by atoms with van der Waals surface area (Å²) in [5.41, 5.74) is 0.907. The summed E-state index contributed by atoms with van der Waals surface area (Å²) in [7, 11) is 1.89. The van der Waals surface area contributed by atoms with Crippen molar-refractivity contribution in [2.24, 2.45) is 7.05 Å². The summed E-state index contributed by atoms with van der Waals surface area (Å²) in [6, 6.07) is 5.89. The molecule has 0 aliphatic carbocycles. The largest absolute Gasteiger partial charge is 0.469 e. The van der Waals surface area contributed by atoms with E-state index < -0.39 is 0 Å². The molecule has 3 aromatic rings. The molecule has 136 valence electrons. The zero-order valence-corrected chi connectivity index (χ0v) is 16.3. The first-order chi connectivity index (χ1) is 12.6. The smallest absolute Gasteiger partial charge is 0.233 e. The highest BCUT2D eigenvalue weighted by Gasteiger charge is 2.18. The van der Waals surface area contributed by atoms with Crippen molar-refractivity contribution in [2.75, 3.05) is 12.3 Å². The maximum Gasteiger partial charge on any atom is 0.233 e. The van der Waals surface area contributed by atoms with Crippen LogP contribution in [0.3, 0.4) is 0 Å². The monoisotopic (exact) mass is 388 g/mol. The molecule has 1 amide bonds. The summed E-state index contributed by atoms with van der Waals surface area (Å²) >= 11 is 3.03. The normalized spacial score (nSPS) is 10.8. The Morgan fingerprint density at radius 1 is 1.46 bits per heavy atom. The molecule has 0 N–H and O–H groups in total. The van der Waals surface area contributed by atoms with Gasteiger partial charge in [0.25, 0.3) is 0 Å². The number of carbonyl (C=O) groups is 1. The lowest BCUT2D eigenvalue weighted by atomic mass is 10.2. The average Bonchev–Trinajstić information content (AvgIpc) is 3.35. The lowest BCUT2D eigenvalue weighted by molar-refractivity contribution is -0.128. The number of amides is 1. The molecule has 6 nitrogen and oxygen atoms in total. The minimum absolute atomic E-state index is 0.0485. The molecule has 26 heavy (non-hydrogen) atoms. The Balaban J connectivity index is 1.66. The van der Waals surface area contributed by atoms with Gasteiger partial charge in [0.05, 0.1) is 24.1 Å². The van der Waals surface area contributed by atoms with E-state index in [1.807, 2.05) is 42.1 Å². The molecule has 3 rings (SSSR count). The first kappa shape index (κ1) is 18.5. The summed E-state index contributed by atoms with van der Waals surface area (Å²) in [5, 5.41) is 11.2. The molecule has 0 aromatic carbocycles. The van der Waals surface area contributed by atoms with Crippen molar-refractivity contribution in [1.82, 2.24) is 19.7 Å². The van der Waals surface area contributed by atoms with Gasteiger partial charge in [-0.2, -0.15) is 0 Å². The van der Waals surface area contributed by atoms with Gasteiger partial charge < -0.3 is 13.9 Å². The fourth-order valence-electron chi connectivity index (χ4n) is 2.51. The van der Waals surface area contributed by atoms with E-state index in [9.17, 15) is 4.79 Å². The van der Waals surface area contributed by atoms with Crippen LogP contribution in [0.5, 0.6) is 0 Å². The molecule has 0 bridgehead atoms. The molecule has 0 aliphatic rings. The van der Waals surface area contributed by atoms with Gasteiger partial charge in [0.1, 0.15) is 5.76 Å². The van der Waals surface area contributed by atoms with Crippen molar-refractivity contribution >= 4 is 29.0 Å². The molecule has 0 fully saturated rings. The Morgan fingerprint density at radius 3 is 2.96 bits per heavy atom. The fraction of sp³-hybridized carbons (Fsp3) is 0.278. The molecule has 0 spiro atoms. The van der Waals surface area contributed by atoms with Crippen LogP contribution in [0.1, 0.15) is 10.6 Å². The maximum absolute atomic E-state index is 12.6. The van der Waals surface area contributed by atoms with E-state index in [1.54, 1.807) is 28.6 Å². The van der Waals surface area contributed by atoms with Gasteiger partial charge in [0.2, 0.25) is 5.91 Å². The molecule has 0 aliphatic heterocycles. The quantitative estimate of drug-likeness (QED) is 0.434. The summed E-state index contributed by atoms with van der Waals surface area (Å²) in [4.78, 5) is 15.6. The molecule has 0 radical (unpaired) electrons. The van der Waals surface area contributed by atoms with Crippen LogP contribution in [-0.2, 0) is 18.4 Å². The van der Waals surface area contributed by atoms with Crippen LogP contribution >= 0.6 is 23.1 Å². The van der Waals surface area contributed by atoms with Crippen LogP contribution in [0.25, 0.3) is 11.4 Å². The molecule has 0 atom stereocenters. The van der Waals surface area contributed by atoms with Crippen LogP contribution in [0.4, 0.5) is 0 Å². The lowest BCUT2D eigenvalue weighted by Crippen LogP contribution is -2.31. The SMILES string of the molecule is C=CCN(Cc1cccs1)C(=O)CSc1nnc(-c2ccoc2C)n1C. The average molecular weight is 389 g/mol. The maximum atomic E-state index is 12.6. The predicted octanol–water partition coefficient (Wildman–Crippen LogP) is 3.75. The first-order valence-corrected chi connectivity index (χ1v) is 9.94. The number of hydrogen-bond donors (Lipinski definition) is 0. The number of thioether (sulfide) groups is 1. The number of aromatic nitrogens is 3. The molecule has 0 saturated carbocycles. The van der Waals surface area contributed by atoms with Gasteiger partial charge in [-0.3, -0.25) is 4.79 Å².